The second-order valence-corrected chi connectivity index (χ2v) is 6.31. The highest BCUT2D eigenvalue weighted by Gasteiger charge is 2.18. The number of likely N-dealkylation sites (tertiary alicyclic amines) is 1. The van der Waals surface area contributed by atoms with Crippen molar-refractivity contribution in [3.63, 3.8) is 0 Å². The number of hydrogen-bond donors (Lipinski definition) is 1. The second kappa shape index (κ2) is 5.80. The first kappa shape index (κ1) is 13.5. The largest absolute Gasteiger partial charge is 0.481 e. The lowest BCUT2D eigenvalue weighted by molar-refractivity contribution is -0.136. The highest BCUT2D eigenvalue weighted by atomic mass is 32.1. The summed E-state index contributed by atoms with van der Waals surface area (Å²) >= 11 is 1.55. The van der Waals surface area contributed by atoms with Gasteiger partial charge in [-0.2, -0.15) is 0 Å². The molecule has 2 rings (SSSR count). The number of carbonyl (C=O) groups is 1. The number of hydrogen-bond acceptors (Lipinski definition) is 4. The Labute approximate surface area is 112 Å². The van der Waals surface area contributed by atoms with Gasteiger partial charge in [0.1, 0.15) is 5.01 Å². The summed E-state index contributed by atoms with van der Waals surface area (Å²) in [4.78, 5) is 18.5. The molecule has 0 bridgehead atoms. The third-order valence-corrected chi connectivity index (χ3v) is 4.63. The van der Waals surface area contributed by atoms with Crippen LogP contribution in [0.3, 0.4) is 0 Å². The zero-order valence-corrected chi connectivity index (χ0v) is 11.8. The van der Waals surface area contributed by atoms with Gasteiger partial charge in [0.2, 0.25) is 0 Å². The van der Waals surface area contributed by atoms with Crippen molar-refractivity contribution >= 4 is 17.3 Å². The van der Waals surface area contributed by atoms with E-state index in [1.165, 1.54) is 12.8 Å². The predicted octanol–water partition coefficient (Wildman–Crippen LogP) is 2.31. The first-order valence-electron chi connectivity index (χ1n) is 6.44. The average molecular weight is 268 g/mol. The summed E-state index contributed by atoms with van der Waals surface area (Å²) in [5.41, 5.74) is 0.878. The molecular weight excluding hydrogens is 248 g/mol. The second-order valence-electron chi connectivity index (χ2n) is 5.15. The highest BCUT2D eigenvalue weighted by Crippen LogP contribution is 2.23. The van der Waals surface area contributed by atoms with Gasteiger partial charge < -0.3 is 5.11 Å². The lowest BCUT2D eigenvalue weighted by atomic mass is 9.99. The zero-order valence-electron chi connectivity index (χ0n) is 11.0. The van der Waals surface area contributed by atoms with Crippen LogP contribution < -0.4 is 0 Å². The van der Waals surface area contributed by atoms with Crippen molar-refractivity contribution in [3.05, 3.63) is 15.6 Å². The third kappa shape index (κ3) is 3.53. The summed E-state index contributed by atoms with van der Waals surface area (Å²) in [5.74, 6) is 0.0574. The molecule has 1 aliphatic heterocycles. The Bertz CT molecular complexity index is 423. The third-order valence-electron chi connectivity index (χ3n) is 3.48. The van der Waals surface area contributed by atoms with Crippen molar-refractivity contribution in [2.24, 2.45) is 5.92 Å². The molecule has 1 saturated heterocycles. The molecule has 0 saturated carbocycles. The molecule has 0 aliphatic carbocycles. The smallest absolute Gasteiger partial charge is 0.308 e. The molecule has 0 unspecified atom stereocenters. The van der Waals surface area contributed by atoms with Gasteiger partial charge >= 0.3 is 5.97 Å². The minimum absolute atomic E-state index is 0.0978. The molecule has 0 aromatic carbocycles. The fourth-order valence-electron chi connectivity index (χ4n) is 2.27. The number of thiazole rings is 1. The van der Waals surface area contributed by atoms with E-state index in [-0.39, 0.29) is 6.42 Å². The van der Waals surface area contributed by atoms with Crippen LogP contribution in [0.4, 0.5) is 0 Å². The van der Waals surface area contributed by atoms with E-state index in [0.29, 0.717) is 0 Å². The summed E-state index contributed by atoms with van der Waals surface area (Å²) in [5, 5.41) is 9.87. The maximum atomic E-state index is 10.7. The molecule has 1 aliphatic rings. The van der Waals surface area contributed by atoms with Crippen LogP contribution in [0.1, 0.15) is 35.3 Å². The van der Waals surface area contributed by atoms with E-state index in [2.05, 4.69) is 16.8 Å². The van der Waals surface area contributed by atoms with Gasteiger partial charge in [0.15, 0.2) is 0 Å². The van der Waals surface area contributed by atoms with Crippen molar-refractivity contribution in [1.82, 2.24) is 9.88 Å². The van der Waals surface area contributed by atoms with Crippen molar-refractivity contribution in [2.75, 3.05) is 13.1 Å². The fraction of sp³-hybridized carbons (Fsp3) is 0.692. The van der Waals surface area contributed by atoms with E-state index < -0.39 is 5.97 Å². The summed E-state index contributed by atoms with van der Waals surface area (Å²) in [6, 6.07) is 0. The summed E-state index contributed by atoms with van der Waals surface area (Å²) < 4.78 is 0. The van der Waals surface area contributed by atoms with Gasteiger partial charge in [-0.15, -0.1) is 11.3 Å². The summed E-state index contributed by atoms with van der Waals surface area (Å²) in [6.45, 7) is 7.34. The maximum Gasteiger partial charge on any atom is 0.308 e. The van der Waals surface area contributed by atoms with E-state index >= 15 is 0 Å². The fourth-order valence-corrected chi connectivity index (χ4v) is 3.37. The molecule has 0 spiro atoms. The predicted molar refractivity (Wildman–Crippen MR) is 71.9 cm³/mol. The monoisotopic (exact) mass is 268 g/mol. The Morgan fingerprint density at radius 3 is 2.78 bits per heavy atom. The van der Waals surface area contributed by atoms with E-state index in [9.17, 15) is 4.79 Å². The molecule has 1 aromatic heterocycles. The minimum atomic E-state index is -0.778. The molecule has 4 nitrogen and oxygen atoms in total. The Morgan fingerprint density at radius 2 is 2.17 bits per heavy atom. The van der Waals surface area contributed by atoms with E-state index in [0.717, 1.165) is 41.1 Å². The quantitative estimate of drug-likeness (QED) is 0.910. The first-order chi connectivity index (χ1) is 8.54. The van der Waals surface area contributed by atoms with Crippen LogP contribution in [-0.4, -0.2) is 34.0 Å². The molecule has 0 atom stereocenters. The lowest BCUT2D eigenvalue weighted by Gasteiger charge is -2.29. The van der Waals surface area contributed by atoms with Gasteiger partial charge in [-0.25, -0.2) is 4.98 Å². The molecule has 18 heavy (non-hydrogen) atoms. The Kier molecular flexibility index (Phi) is 4.35. The number of aromatic nitrogens is 1. The zero-order chi connectivity index (χ0) is 13.1. The lowest BCUT2D eigenvalue weighted by Crippen LogP contribution is -2.32. The normalized spacial score (nSPS) is 18.1. The Hall–Kier alpha value is -0.940. The number of rotatable bonds is 4. The van der Waals surface area contributed by atoms with Crippen molar-refractivity contribution in [1.29, 1.82) is 0 Å². The number of carboxylic acid groups (broad SMARTS) is 1. The molecule has 5 heteroatoms. The molecule has 1 fully saturated rings. The van der Waals surface area contributed by atoms with E-state index in [4.69, 9.17) is 5.11 Å². The average Bonchev–Trinajstić information content (AvgIpc) is 2.62. The van der Waals surface area contributed by atoms with Gasteiger partial charge in [0.25, 0.3) is 0 Å². The van der Waals surface area contributed by atoms with Crippen LogP contribution in [0.25, 0.3) is 0 Å². The minimum Gasteiger partial charge on any atom is -0.481 e. The molecule has 100 valence electrons. The van der Waals surface area contributed by atoms with Crippen LogP contribution in [0.2, 0.25) is 0 Å². The molecule has 1 N–H and O–H groups in total. The molecule has 0 radical (unpaired) electrons. The Morgan fingerprint density at radius 1 is 1.50 bits per heavy atom. The van der Waals surface area contributed by atoms with Crippen molar-refractivity contribution in [2.45, 2.75) is 39.7 Å². The van der Waals surface area contributed by atoms with Crippen LogP contribution in [0.5, 0.6) is 0 Å². The Balaban J connectivity index is 1.95. The van der Waals surface area contributed by atoms with Gasteiger partial charge in [0.05, 0.1) is 18.7 Å². The van der Waals surface area contributed by atoms with Crippen molar-refractivity contribution in [3.8, 4) is 0 Å². The number of nitrogens with zero attached hydrogens (tertiary/aromatic N) is 2. The van der Waals surface area contributed by atoms with Gasteiger partial charge in [0, 0.05) is 4.88 Å². The standard InChI is InChI=1S/C13H20N2O2S/c1-9-3-5-15(6-4-9)8-12-14-10(2)11(18-12)7-13(16)17/h9H,3-8H2,1-2H3,(H,16,17). The molecule has 1 aromatic rings. The highest BCUT2D eigenvalue weighted by molar-refractivity contribution is 7.11. The van der Waals surface area contributed by atoms with Gasteiger partial charge in [-0.05, 0) is 38.8 Å². The number of aryl methyl sites for hydroxylation is 1. The number of carboxylic acids is 1. The van der Waals surface area contributed by atoms with E-state index in [1.54, 1.807) is 11.3 Å². The van der Waals surface area contributed by atoms with Crippen molar-refractivity contribution < 1.29 is 9.90 Å². The van der Waals surface area contributed by atoms with Crippen LogP contribution >= 0.6 is 11.3 Å². The molecule has 2 heterocycles. The molecular formula is C13H20N2O2S. The summed E-state index contributed by atoms with van der Waals surface area (Å²) in [7, 11) is 0. The van der Waals surface area contributed by atoms with Crippen LogP contribution in [0.15, 0.2) is 0 Å². The topological polar surface area (TPSA) is 53.4 Å². The maximum absolute atomic E-state index is 10.7. The molecule has 0 amide bonds. The first-order valence-corrected chi connectivity index (χ1v) is 7.25. The van der Waals surface area contributed by atoms with E-state index in [1.807, 2.05) is 6.92 Å². The summed E-state index contributed by atoms with van der Waals surface area (Å²) in [6.07, 6.45) is 2.61. The van der Waals surface area contributed by atoms with Crippen LogP contribution in [-0.2, 0) is 17.8 Å². The van der Waals surface area contributed by atoms with Gasteiger partial charge in [-0.3, -0.25) is 9.69 Å². The van der Waals surface area contributed by atoms with Crippen LogP contribution in [0, 0.1) is 12.8 Å². The van der Waals surface area contributed by atoms with Gasteiger partial charge in [-0.1, -0.05) is 6.92 Å². The number of aliphatic carboxylic acids is 1. The number of piperidine rings is 1. The SMILES string of the molecule is Cc1nc(CN2CCC(C)CC2)sc1CC(=O)O.